The fraction of sp³-hybridized carbons (Fsp3) is 0.160. The van der Waals surface area contributed by atoms with E-state index in [0.717, 1.165) is 21.7 Å². The van der Waals surface area contributed by atoms with E-state index in [-0.39, 0.29) is 5.56 Å². The molecule has 0 saturated heterocycles. The van der Waals surface area contributed by atoms with E-state index < -0.39 is 5.97 Å². The Morgan fingerprint density at radius 3 is 1.94 bits per heavy atom. The predicted molar refractivity (Wildman–Crippen MR) is 119 cm³/mol. The van der Waals surface area contributed by atoms with Gasteiger partial charge < -0.3 is 24.1 Å². The van der Waals surface area contributed by atoms with Crippen LogP contribution < -0.4 is 18.9 Å². The maximum absolute atomic E-state index is 12.0. The number of carboxylic acid groups (broad SMARTS) is 1. The molecule has 0 aromatic heterocycles. The third kappa shape index (κ3) is 3.80. The Morgan fingerprint density at radius 2 is 1.32 bits per heavy atom. The van der Waals surface area contributed by atoms with E-state index in [4.69, 9.17) is 18.9 Å². The zero-order chi connectivity index (χ0) is 22.0. The van der Waals surface area contributed by atoms with E-state index in [2.05, 4.69) is 0 Å². The lowest BCUT2D eigenvalue weighted by Gasteiger charge is -2.16. The van der Waals surface area contributed by atoms with Gasteiger partial charge in [-0.2, -0.15) is 0 Å². The van der Waals surface area contributed by atoms with E-state index >= 15 is 0 Å². The van der Waals surface area contributed by atoms with Crippen molar-refractivity contribution in [1.82, 2.24) is 0 Å². The molecule has 4 aromatic rings. The molecule has 0 amide bonds. The van der Waals surface area contributed by atoms with Crippen LogP contribution in [-0.2, 0) is 6.61 Å². The van der Waals surface area contributed by atoms with Crippen LogP contribution in [0.5, 0.6) is 23.0 Å². The van der Waals surface area contributed by atoms with Gasteiger partial charge in [-0.3, -0.25) is 0 Å². The summed E-state index contributed by atoms with van der Waals surface area (Å²) in [5.41, 5.74) is 1.19. The first kappa shape index (κ1) is 20.3. The van der Waals surface area contributed by atoms with Crippen molar-refractivity contribution in [2.75, 3.05) is 21.3 Å². The summed E-state index contributed by atoms with van der Waals surface area (Å²) in [5, 5.41) is 12.6. The van der Waals surface area contributed by atoms with Crippen LogP contribution in [0.2, 0.25) is 0 Å². The average Bonchev–Trinajstić information content (AvgIpc) is 2.81. The minimum absolute atomic E-state index is 0.169. The topological polar surface area (TPSA) is 74.2 Å². The van der Waals surface area contributed by atoms with E-state index in [1.54, 1.807) is 38.5 Å². The SMILES string of the molecule is COc1cc2c(C(=O)O)cc3cc(OCc4ccccc4)c(OC)cc3c2cc1OC. The van der Waals surface area contributed by atoms with Crippen molar-refractivity contribution >= 4 is 27.5 Å². The lowest BCUT2D eigenvalue weighted by molar-refractivity contribution is 0.0699. The van der Waals surface area contributed by atoms with E-state index in [0.29, 0.717) is 35.0 Å². The number of benzene rings is 4. The molecule has 31 heavy (non-hydrogen) atoms. The van der Waals surface area contributed by atoms with Crippen molar-refractivity contribution in [1.29, 1.82) is 0 Å². The molecule has 0 spiro atoms. The van der Waals surface area contributed by atoms with Crippen molar-refractivity contribution in [3.8, 4) is 23.0 Å². The Balaban J connectivity index is 1.92. The lowest BCUT2D eigenvalue weighted by atomic mass is 9.96. The number of hydrogen-bond donors (Lipinski definition) is 1. The summed E-state index contributed by atoms with van der Waals surface area (Å²) in [6.45, 7) is 0.368. The molecule has 0 heterocycles. The van der Waals surface area contributed by atoms with Crippen molar-refractivity contribution in [3.05, 3.63) is 71.8 Å². The molecule has 0 aliphatic carbocycles. The molecule has 0 unspecified atom stereocenters. The highest BCUT2D eigenvalue weighted by atomic mass is 16.5. The highest BCUT2D eigenvalue weighted by Crippen LogP contribution is 2.41. The van der Waals surface area contributed by atoms with Crippen molar-refractivity contribution in [2.45, 2.75) is 6.61 Å². The van der Waals surface area contributed by atoms with Gasteiger partial charge in [0.05, 0.1) is 26.9 Å². The predicted octanol–water partition coefficient (Wildman–Crippen LogP) is 5.30. The third-order valence-corrected chi connectivity index (χ3v) is 5.21. The average molecular weight is 418 g/mol. The van der Waals surface area contributed by atoms with Crippen LogP contribution in [0.25, 0.3) is 21.5 Å². The Bertz CT molecular complexity index is 1260. The van der Waals surface area contributed by atoms with Crippen LogP contribution in [0, 0.1) is 0 Å². The van der Waals surface area contributed by atoms with Crippen LogP contribution >= 0.6 is 0 Å². The van der Waals surface area contributed by atoms with Crippen molar-refractivity contribution < 1.29 is 28.8 Å². The minimum Gasteiger partial charge on any atom is -0.493 e. The Morgan fingerprint density at radius 1 is 0.742 bits per heavy atom. The maximum Gasteiger partial charge on any atom is 0.336 e. The third-order valence-electron chi connectivity index (χ3n) is 5.21. The monoisotopic (exact) mass is 418 g/mol. The second-order valence-electron chi connectivity index (χ2n) is 6.98. The zero-order valence-corrected chi connectivity index (χ0v) is 17.5. The van der Waals surface area contributed by atoms with E-state index in [1.807, 2.05) is 36.4 Å². The summed E-state index contributed by atoms with van der Waals surface area (Å²) in [6.07, 6.45) is 0. The zero-order valence-electron chi connectivity index (χ0n) is 17.5. The summed E-state index contributed by atoms with van der Waals surface area (Å²) >= 11 is 0. The largest absolute Gasteiger partial charge is 0.493 e. The van der Waals surface area contributed by atoms with Gasteiger partial charge in [-0.05, 0) is 52.1 Å². The second-order valence-corrected chi connectivity index (χ2v) is 6.98. The quantitative estimate of drug-likeness (QED) is 0.411. The van der Waals surface area contributed by atoms with Crippen LogP contribution in [0.1, 0.15) is 15.9 Å². The molecule has 4 rings (SSSR count). The van der Waals surface area contributed by atoms with Gasteiger partial charge in [0.2, 0.25) is 0 Å². The molecule has 0 aliphatic rings. The number of rotatable bonds is 7. The lowest BCUT2D eigenvalue weighted by Crippen LogP contribution is -2.01. The van der Waals surface area contributed by atoms with Gasteiger partial charge in [0.15, 0.2) is 23.0 Å². The summed E-state index contributed by atoms with van der Waals surface area (Å²) < 4.78 is 22.4. The Hall–Kier alpha value is -3.93. The molecule has 0 fully saturated rings. The summed E-state index contributed by atoms with van der Waals surface area (Å²) in [6, 6.07) is 18.6. The minimum atomic E-state index is -1.03. The molecule has 0 aliphatic heterocycles. The van der Waals surface area contributed by atoms with Crippen LogP contribution in [0.4, 0.5) is 0 Å². The smallest absolute Gasteiger partial charge is 0.336 e. The normalized spacial score (nSPS) is 10.8. The number of ether oxygens (including phenoxy) is 4. The van der Waals surface area contributed by atoms with Gasteiger partial charge in [-0.15, -0.1) is 0 Å². The highest BCUT2D eigenvalue weighted by molar-refractivity contribution is 6.17. The summed E-state index contributed by atoms with van der Waals surface area (Å²) in [5.74, 6) is 1.05. The van der Waals surface area contributed by atoms with Crippen LogP contribution in [-0.4, -0.2) is 32.4 Å². The molecule has 0 atom stereocenters. The fourth-order valence-electron chi connectivity index (χ4n) is 3.67. The first-order valence-corrected chi connectivity index (χ1v) is 9.66. The molecule has 0 saturated carbocycles. The van der Waals surface area contributed by atoms with E-state index in [1.165, 1.54) is 7.11 Å². The fourth-order valence-corrected chi connectivity index (χ4v) is 3.67. The Labute approximate surface area is 179 Å². The number of fused-ring (bicyclic) bond motifs is 3. The van der Waals surface area contributed by atoms with Gasteiger partial charge in [-0.1, -0.05) is 30.3 Å². The Kier molecular flexibility index (Phi) is 5.54. The van der Waals surface area contributed by atoms with Gasteiger partial charge in [0.1, 0.15) is 6.61 Å². The van der Waals surface area contributed by atoms with Gasteiger partial charge in [0.25, 0.3) is 0 Å². The molecule has 0 bridgehead atoms. The molecule has 6 heteroatoms. The first-order valence-electron chi connectivity index (χ1n) is 9.66. The molecule has 158 valence electrons. The van der Waals surface area contributed by atoms with Gasteiger partial charge >= 0.3 is 5.97 Å². The van der Waals surface area contributed by atoms with Crippen LogP contribution in [0.3, 0.4) is 0 Å². The first-order chi connectivity index (χ1) is 15.0. The van der Waals surface area contributed by atoms with Crippen molar-refractivity contribution in [3.63, 3.8) is 0 Å². The molecule has 1 N–H and O–H groups in total. The second kappa shape index (κ2) is 8.44. The van der Waals surface area contributed by atoms with Crippen LogP contribution in [0.15, 0.2) is 60.7 Å². The molecular weight excluding hydrogens is 396 g/mol. The molecular formula is C25H22O6. The number of aromatic carboxylic acids is 1. The molecule has 4 aromatic carbocycles. The highest BCUT2D eigenvalue weighted by Gasteiger charge is 2.18. The van der Waals surface area contributed by atoms with Gasteiger partial charge in [-0.25, -0.2) is 4.79 Å². The standard InChI is InChI=1S/C25H22O6/c1-28-21-12-18-17-11-23(30-3)24(31-14-15-7-5-4-6-8-15)10-16(17)9-20(25(26)27)19(18)13-22(21)29-2/h4-13H,14H2,1-3H3,(H,26,27). The number of methoxy groups -OCH3 is 3. The summed E-state index contributed by atoms with van der Waals surface area (Å²) in [4.78, 5) is 12.0. The number of carboxylic acids is 1. The van der Waals surface area contributed by atoms with Crippen molar-refractivity contribution in [2.24, 2.45) is 0 Å². The molecule has 6 nitrogen and oxygen atoms in total. The van der Waals surface area contributed by atoms with Gasteiger partial charge in [0, 0.05) is 5.39 Å². The number of hydrogen-bond acceptors (Lipinski definition) is 5. The van der Waals surface area contributed by atoms with E-state index in [9.17, 15) is 9.90 Å². The number of carbonyl (C=O) groups is 1. The molecule has 0 radical (unpaired) electrons. The summed E-state index contributed by atoms with van der Waals surface area (Å²) in [7, 11) is 4.64. The maximum atomic E-state index is 12.0.